The summed E-state index contributed by atoms with van der Waals surface area (Å²) in [5.41, 5.74) is 5.30. The average molecular weight is 178 g/mol. The van der Waals surface area contributed by atoms with Crippen molar-refractivity contribution in [2.45, 2.75) is 0 Å². The molecule has 0 saturated carbocycles. The van der Waals surface area contributed by atoms with Gasteiger partial charge in [0, 0.05) is 0 Å². The second kappa shape index (κ2) is 2.85. The van der Waals surface area contributed by atoms with Gasteiger partial charge in [0.2, 0.25) is 0 Å². The number of benzene rings is 1. The maximum atomic E-state index is 2.24. The van der Waals surface area contributed by atoms with Gasteiger partial charge in [-0.2, -0.15) is 0 Å². The molecule has 0 spiro atoms. The fraction of sp³-hybridized carbons (Fsp3) is 0. The highest BCUT2D eigenvalue weighted by atomic mass is 14.2. The first-order valence-corrected chi connectivity index (χ1v) is 4.81. The maximum Gasteiger partial charge on any atom is -0.0105 e. The Hall–Kier alpha value is -1.82. The molecule has 1 aromatic rings. The van der Waals surface area contributed by atoms with E-state index in [2.05, 4.69) is 54.6 Å². The van der Waals surface area contributed by atoms with Crippen molar-refractivity contribution in [3.8, 4) is 0 Å². The van der Waals surface area contributed by atoms with Crippen LogP contribution >= 0.6 is 0 Å². The lowest BCUT2D eigenvalue weighted by molar-refractivity contribution is 1.61. The first kappa shape index (κ1) is 7.57. The summed E-state index contributed by atoms with van der Waals surface area (Å²) >= 11 is 0. The summed E-state index contributed by atoms with van der Waals surface area (Å²) in [4.78, 5) is 0. The van der Waals surface area contributed by atoms with Crippen molar-refractivity contribution in [1.29, 1.82) is 0 Å². The molecule has 0 saturated heterocycles. The largest absolute Gasteiger partial charge is 0.0622 e. The van der Waals surface area contributed by atoms with Crippen LogP contribution in [0.2, 0.25) is 0 Å². The Morgan fingerprint density at radius 1 is 0.786 bits per heavy atom. The molecule has 0 heterocycles. The molecule has 0 heteroatoms. The molecular formula is C14H10. The van der Waals surface area contributed by atoms with Gasteiger partial charge in [-0.05, 0) is 28.4 Å². The molecule has 2 aliphatic carbocycles. The molecule has 0 nitrogen and oxygen atoms in total. The number of rotatable bonds is 1. The highest BCUT2D eigenvalue weighted by molar-refractivity contribution is 5.77. The van der Waals surface area contributed by atoms with E-state index in [1.54, 1.807) is 0 Å². The second-order valence-electron chi connectivity index (χ2n) is 3.55. The van der Waals surface area contributed by atoms with Crippen LogP contribution in [0, 0.1) is 0 Å². The molecule has 2 aliphatic rings. The van der Waals surface area contributed by atoms with Crippen LogP contribution in [0.5, 0.6) is 0 Å². The van der Waals surface area contributed by atoms with Gasteiger partial charge in [0.05, 0.1) is 0 Å². The van der Waals surface area contributed by atoms with E-state index in [-0.39, 0.29) is 0 Å². The van der Waals surface area contributed by atoms with Gasteiger partial charge in [-0.15, -0.1) is 0 Å². The minimum absolute atomic E-state index is 1.27. The molecule has 0 radical (unpaired) electrons. The third-order valence-corrected chi connectivity index (χ3v) is 2.62. The van der Waals surface area contributed by atoms with E-state index >= 15 is 0 Å². The van der Waals surface area contributed by atoms with Crippen LogP contribution in [-0.2, 0) is 0 Å². The summed E-state index contributed by atoms with van der Waals surface area (Å²) in [5.74, 6) is 0. The van der Waals surface area contributed by atoms with Gasteiger partial charge in [0.25, 0.3) is 0 Å². The Labute approximate surface area is 83.6 Å². The molecule has 0 atom stereocenters. The third kappa shape index (κ3) is 1.08. The Morgan fingerprint density at radius 3 is 2.00 bits per heavy atom. The van der Waals surface area contributed by atoms with Gasteiger partial charge in [-0.25, -0.2) is 0 Å². The summed E-state index contributed by atoms with van der Waals surface area (Å²) in [6.45, 7) is 0. The Morgan fingerprint density at radius 2 is 1.43 bits per heavy atom. The maximum absolute atomic E-state index is 2.24. The Balaban J connectivity index is 2.03. The summed E-state index contributed by atoms with van der Waals surface area (Å²) in [7, 11) is 0. The van der Waals surface area contributed by atoms with Crippen LogP contribution < -0.4 is 0 Å². The number of allylic oxidation sites excluding steroid dienone is 7. The van der Waals surface area contributed by atoms with Gasteiger partial charge < -0.3 is 0 Å². The molecule has 2 bridgehead atoms. The van der Waals surface area contributed by atoms with E-state index in [1.165, 1.54) is 22.3 Å². The predicted molar refractivity (Wildman–Crippen MR) is 59.7 cm³/mol. The summed E-state index contributed by atoms with van der Waals surface area (Å²) in [6, 6.07) is 10.4. The zero-order chi connectivity index (χ0) is 9.38. The second-order valence-corrected chi connectivity index (χ2v) is 3.55. The smallest absolute Gasteiger partial charge is 0.0105 e. The van der Waals surface area contributed by atoms with Crippen molar-refractivity contribution >= 4 is 6.08 Å². The monoisotopic (exact) mass is 178 g/mol. The van der Waals surface area contributed by atoms with Crippen LogP contribution in [0.15, 0.2) is 71.4 Å². The van der Waals surface area contributed by atoms with Crippen LogP contribution in [0.3, 0.4) is 0 Å². The molecule has 14 heavy (non-hydrogen) atoms. The third-order valence-electron chi connectivity index (χ3n) is 2.62. The molecule has 0 amide bonds. The number of fused-ring (bicyclic) bond motifs is 2. The minimum atomic E-state index is 1.27. The number of hydrogen-bond acceptors (Lipinski definition) is 0. The first-order valence-electron chi connectivity index (χ1n) is 4.81. The van der Waals surface area contributed by atoms with Crippen molar-refractivity contribution in [2.75, 3.05) is 0 Å². The lowest BCUT2D eigenvalue weighted by atomic mass is 10.1. The minimum Gasteiger partial charge on any atom is -0.0622 e. The van der Waals surface area contributed by atoms with E-state index in [0.717, 1.165) is 0 Å². The van der Waals surface area contributed by atoms with E-state index in [0.29, 0.717) is 0 Å². The summed E-state index contributed by atoms with van der Waals surface area (Å²) in [6.07, 6.45) is 10.9. The summed E-state index contributed by atoms with van der Waals surface area (Å²) in [5, 5.41) is 0. The highest BCUT2D eigenvalue weighted by Crippen LogP contribution is 2.35. The fourth-order valence-corrected chi connectivity index (χ4v) is 1.88. The molecule has 66 valence electrons. The molecule has 0 aromatic heterocycles. The van der Waals surface area contributed by atoms with Gasteiger partial charge >= 0.3 is 0 Å². The standard InChI is InChI=1S/C14H10/c1-2-4-11(5-3-1)10-14-12-6-7-13(14)9-8-12/h1-10H. The Kier molecular flexibility index (Phi) is 1.54. The lowest BCUT2D eigenvalue weighted by Crippen LogP contribution is -1.78. The van der Waals surface area contributed by atoms with E-state index in [9.17, 15) is 0 Å². The van der Waals surface area contributed by atoms with E-state index < -0.39 is 0 Å². The molecule has 0 fully saturated rings. The number of hydrogen-bond donors (Lipinski definition) is 0. The first-order chi connectivity index (χ1) is 6.93. The zero-order valence-corrected chi connectivity index (χ0v) is 7.77. The van der Waals surface area contributed by atoms with Gasteiger partial charge in [0.15, 0.2) is 0 Å². The molecule has 0 unspecified atom stereocenters. The van der Waals surface area contributed by atoms with Gasteiger partial charge in [0.1, 0.15) is 0 Å². The molecular weight excluding hydrogens is 168 g/mol. The predicted octanol–water partition coefficient (Wildman–Crippen LogP) is 3.51. The molecule has 3 rings (SSSR count). The van der Waals surface area contributed by atoms with Gasteiger partial charge in [-0.3, -0.25) is 0 Å². The summed E-state index contributed by atoms with van der Waals surface area (Å²) < 4.78 is 0. The van der Waals surface area contributed by atoms with Crippen molar-refractivity contribution in [3.63, 3.8) is 0 Å². The van der Waals surface area contributed by atoms with Crippen molar-refractivity contribution in [2.24, 2.45) is 0 Å². The normalized spacial score (nSPS) is 17.0. The topological polar surface area (TPSA) is 0 Å². The van der Waals surface area contributed by atoms with Crippen LogP contribution in [0.4, 0.5) is 0 Å². The quantitative estimate of drug-likeness (QED) is 0.617. The van der Waals surface area contributed by atoms with Crippen LogP contribution in [0.1, 0.15) is 5.56 Å². The molecule has 0 N–H and O–H groups in total. The van der Waals surface area contributed by atoms with Crippen LogP contribution in [-0.4, -0.2) is 0 Å². The van der Waals surface area contributed by atoms with Gasteiger partial charge in [-0.1, -0.05) is 54.6 Å². The molecule has 1 aromatic carbocycles. The Bertz CT molecular complexity index is 458. The van der Waals surface area contributed by atoms with E-state index in [4.69, 9.17) is 0 Å². The van der Waals surface area contributed by atoms with Crippen LogP contribution in [0.25, 0.3) is 6.08 Å². The van der Waals surface area contributed by atoms with Crippen molar-refractivity contribution in [3.05, 3.63) is 76.9 Å². The zero-order valence-electron chi connectivity index (χ0n) is 7.77. The van der Waals surface area contributed by atoms with E-state index in [1.807, 2.05) is 6.07 Å². The highest BCUT2D eigenvalue weighted by Gasteiger charge is 2.16. The van der Waals surface area contributed by atoms with Crippen molar-refractivity contribution < 1.29 is 0 Å². The fourth-order valence-electron chi connectivity index (χ4n) is 1.88. The average Bonchev–Trinajstić information content (AvgIpc) is 2.80. The van der Waals surface area contributed by atoms with Crippen molar-refractivity contribution in [1.82, 2.24) is 0 Å². The lowest BCUT2D eigenvalue weighted by Gasteiger charge is -1.98. The SMILES string of the molecule is C1=CC2=CC=C1C2=Cc1ccccc1. The molecule has 0 aliphatic heterocycles.